The first kappa shape index (κ1) is 15.3. The number of hydrogen-bond acceptors (Lipinski definition) is 3. The SMILES string of the molecule is O=C1CCCN1CN1CCN(C(=O)c2ccc(Cl)cc2)CC1. The highest BCUT2D eigenvalue weighted by Gasteiger charge is 2.26. The Bertz CT molecular complexity index is 553. The van der Waals surface area contributed by atoms with Crippen molar-refractivity contribution in [3.05, 3.63) is 34.9 Å². The van der Waals surface area contributed by atoms with E-state index in [-0.39, 0.29) is 11.8 Å². The Morgan fingerprint density at radius 1 is 1.05 bits per heavy atom. The second-order valence-electron chi connectivity index (χ2n) is 5.82. The van der Waals surface area contributed by atoms with Gasteiger partial charge in [0, 0.05) is 49.7 Å². The Hall–Kier alpha value is -1.59. The molecular formula is C16H20ClN3O2. The van der Waals surface area contributed by atoms with Gasteiger partial charge in [0.25, 0.3) is 5.91 Å². The Labute approximate surface area is 135 Å². The fourth-order valence-corrected chi connectivity index (χ4v) is 3.09. The molecule has 22 heavy (non-hydrogen) atoms. The molecule has 0 N–H and O–H groups in total. The van der Waals surface area contributed by atoms with Gasteiger partial charge in [-0.3, -0.25) is 14.5 Å². The number of nitrogens with zero attached hydrogens (tertiary/aromatic N) is 3. The molecule has 2 fully saturated rings. The van der Waals surface area contributed by atoms with Crippen molar-refractivity contribution in [3.8, 4) is 0 Å². The third kappa shape index (κ3) is 3.42. The van der Waals surface area contributed by atoms with Gasteiger partial charge in [-0.05, 0) is 30.7 Å². The zero-order chi connectivity index (χ0) is 15.5. The van der Waals surface area contributed by atoms with Crippen molar-refractivity contribution in [2.45, 2.75) is 12.8 Å². The highest BCUT2D eigenvalue weighted by atomic mass is 35.5. The van der Waals surface area contributed by atoms with Gasteiger partial charge in [0.2, 0.25) is 5.91 Å². The maximum atomic E-state index is 12.4. The molecule has 0 bridgehead atoms. The van der Waals surface area contributed by atoms with Crippen LogP contribution >= 0.6 is 11.6 Å². The van der Waals surface area contributed by atoms with Gasteiger partial charge < -0.3 is 9.80 Å². The molecule has 2 amide bonds. The molecule has 2 saturated heterocycles. The lowest BCUT2D eigenvalue weighted by molar-refractivity contribution is -0.129. The van der Waals surface area contributed by atoms with Gasteiger partial charge in [-0.25, -0.2) is 0 Å². The second-order valence-corrected chi connectivity index (χ2v) is 6.26. The summed E-state index contributed by atoms with van der Waals surface area (Å²) in [7, 11) is 0. The van der Waals surface area contributed by atoms with E-state index in [1.807, 2.05) is 9.80 Å². The first-order valence-corrected chi connectivity index (χ1v) is 8.06. The number of amides is 2. The van der Waals surface area contributed by atoms with Crippen molar-refractivity contribution < 1.29 is 9.59 Å². The van der Waals surface area contributed by atoms with Crippen molar-refractivity contribution in [3.63, 3.8) is 0 Å². The number of rotatable bonds is 3. The monoisotopic (exact) mass is 321 g/mol. The van der Waals surface area contributed by atoms with E-state index >= 15 is 0 Å². The van der Waals surface area contributed by atoms with E-state index in [9.17, 15) is 9.59 Å². The van der Waals surface area contributed by atoms with Gasteiger partial charge >= 0.3 is 0 Å². The van der Waals surface area contributed by atoms with Crippen LogP contribution in [0.5, 0.6) is 0 Å². The van der Waals surface area contributed by atoms with E-state index in [1.54, 1.807) is 24.3 Å². The molecule has 0 saturated carbocycles. The summed E-state index contributed by atoms with van der Waals surface area (Å²) < 4.78 is 0. The summed E-state index contributed by atoms with van der Waals surface area (Å²) in [5.74, 6) is 0.299. The average Bonchev–Trinajstić information content (AvgIpc) is 2.93. The molecule has 1 aromatic rings. The summed E-state index contributed by atoms with van der Waals surface area (Å²) in [4.78, 5) is 30.1. The van der Waals surface area contributed by atoms with Crippen LogP contribution in [0.3, 0.4) is 0 Å². The first-order chi connectivity index (χ1) is 10.6. The van der Waals surface area contributed by atoms with Crippen molar-refractivity contribution >= 4 is 23.4 Å². The average molecular weight is 322 g/mol. The van der Waals surface area contributed by atoms with Crippen LogP contribution in [0.4, 0.5) is 0 Å². The van der Waals surface area contributed by atoms with Crippen LogP contribution < -0.4 is 0 Å². The van der Waals surface area contributed by atoms with Gasteiger partial charge in [0.05, 0.1) is 6.67 Å². The maximum Gasteiger partial charge on any atom is 0.253 e. The molecular weight excluding hydrogens is 302 g/mol. The van der Waals surface area contributed by atoms with Crippen LogP contribution in [-0.4, -0.2) is 65.9 Å². The molecule has 118 valence electrons. The number of piperazine rings is 1. The van der Waals surface area contributed by atoms with E-state index in [2.05, 4.69) is 4.90 Å². The molecule has 5 nitrogen and oxygen atoms in total. The Balaban J connectivity index is 1.51. The molecule has 0 radical (unpaired) electrons. The number of benzene rings is 1. The normalized spacial score (nSPS) is 19.8. The molecule has 0 atom stereocenters. The largest absolute Gasteiger partial charge is 0.336 e. The minimum absolute atomic E-state index is 0.0496. The number of likely N-dealkylation sites (tertiary alicyclic amines) is 1. The van der Waals surface area contributed by atoms with Gasteiger partial charge in [-0.15, -0.1) is 0 Å². The van der Waals surface area contributed by atoms with E-state index in [0.717, 1.165) is 26.1 Å². The summed E-state index contributed by atoms with van der Waals surface area (Å²) >= 11 is 5.85. The summed E-state index contributed by atoms with van der Waals surface area (Å²) in [5.41, 5.74) is 0.674. The van der Waals surface area contributed by atoms with E-state index in [0.29, 0.717) is 36.8 Å². The van der Waals surface area contributed by atoms with Crippen LogP contribution in [0.2, 0.25) is 5.02 Å². The Morgan fingerprint density at radius 2 is 1.73 bits per heavy atom. The van der Waals surface area contributed by atoms with Crippen molar-refractivity contribution in [2.24, 2.45) is 0 Å². The molecule has 2 heterocycles. The van der Waals surface area contributed by atoms with Crippen LogP contribution in [0, 0.1) is 0 Å². The highest BCUT2D eigenvalue weighted by Crippen LogP contribution is 2.15. The molecule has 2 aliphatic rings. The molecule has 0 aromatic heterocycles. The maximum absolute atomic E-state index is 12.4. The van der Waals surface area contributed by atoms with Crippen molar-refractivity contribution in [2.75, 3.05) is 39.4 Å². The zero-order valence-corrected chi connectivity index (χ0v) is 13.3. The summed E-state index contributed by atoms with van der Waals surface area (Å²) in [5, 5.41) is 0.636. The fraction of sp³-hybridized carbons (Fsp3) is 0.500. The molecule has 0 aliphatic carbocycles. The molecule has 0 spiro atoms. The van der Waals surface area contributed by atoms with E-state index < -0.39 is 0 Å². The van der Waals surface area contributed by atoms with Gasteiger partial charge in [0.15, 0.2) is 0 Å². The van der Waals surface area contributed by atoms with Gasteiger partial charge in [-0.2, -0.15) is 0 Å². The fourth-order valence-electron chi connectivity index (χ4n) is 2.96. The molecule has 6 heteroatoms. The number of halogens is 1. The van der Waals surface area contributed by atoms with Crippen LogP contribution in [-0.2, 0) is 4.79 Å². The van der Waals surface area contributed by atoms with Crippen molar-refractivity contribution in [1.82, 2.24) is 14.7 Å². The zero-order valence-electron chi connectivity index (χ0n) is 12.5. The quantitative estimate of drug-likeness (QED) is 0.851. The van der Waals surface area contributed by atoms with Gasteiger partial charge in [-0.1, -0.05) is 11.6 Å². The van der Waals surface area contributed by atoms with Gasteiger partial charge in [0.1, 0.15) is 0 Å². The molecule has 1 aromatic carbocycles. The Kier molecular flexibility index (Phi) is 4.64. The van der Waals surface area contributed by atoms with E-state index in [1.165, 1.54) is 0 Å². The smallest absolute Gasteiger partial charge is 0.253 e. The predicted octanol–water partition coefficient (Wildman–Crippen LogP) is 1.68. The predicted molar refractivity (Wildman–Crippen MR) is 84.7 cm³/mol. The van der Waals surface area contributed by atoms with Crippen molar-refractivity contribution in [1.29, 1.82) is 0 Å². The molecule has 3 rings (SSSR count). The van der Waals surface area contributed by atoms with E-state index in [4.69, 9.17) is 11.6 Å². The minimum Gasteiger partial charge on any atom is -0.336 e. The second kappa shape index (κ2) is 6.67. The third-order valence-electron chi connectivity index (χ3n) is 4.29. The van der Waals surface area contributed by atoms with Crippen LogP contribution in [0.15, 0.2) is 24.3 Å². The Morgan fingerprint density at radius 3 is 2.32 bits per heavy atom. The topological polar surface area (TPSA) is 43.9 Å². The standard InChI is InChI=1S/C16H20ClN3O2/c17-14-5-3-13(4-6-14)16(22)19-10-8-18(9-11-19)12-20-7-1-2-15(20)21/h3-6H,1-2,7-12H2. The lowest BCUT2D eigenvalue weighted by atomic mass is 10.2. The number of carbonyl (C=O) groups excluding carboxylic acids is 2. The molecule has 0 unspecified atom stereocenters. The summed E-state index contributed by atoms with van der Waals surface area (Å²) in [6.07, 6.45) is 1.64. The number of carbonyl (C=O) groups is 2. The lowest BCUT2D eigenvalue weighted by Crippen LogP contribution is -2.51. The summed E-state index contributed by atoms with van der Waals surface area (Å²) in [6.45, 7) is 4.57. The third-order valence-corrected chi connectivity index (χ3v) is 4.54. The lowest BCUT2D eigenvalue weighted by Gasteiger charge is -2.36. The highest BCUT2D eigenvalue weighted by molar-refractivity contribution is 6.30. The number of hydrogen-bond donors (Lipinski definition) is 0. The van der Waals surface area contributed by atoms with Crippen LogP contribution in [0.1, 0.15) is 23.2 Å². The van der Waals surface area contributed by atoms with Crippen LogP contribution in [0.25, 0.3) is 0 Å². The minimum atomic E-state index is 0.0496. The first-order valence-electron chi connectivity index (χ1n) is 7.68. The summed E-state index contributed by atoms with van der Waals surface area (Å²) in [6, 6.07) is 7.01. The molecule has 2 aliphatic heterocycles.